The third kappa shape index (κ3) is 7.52. The number of piperidine rings is 1. The van der Waals surface area contributed by atoms with Gasteiger partial charge in [-0.05, 0) is 17.5 Å². The number of benzene rings is 2. The molecule has 0 unspecified atom stereocenters. The molecule has 182 valence electrons. The molecule has 1 fully saturated rings. The Balaban J connectivity index is 1.83. The minimum Gasteiger partial charge on any atom is -0.458 e. The van der Waals surface area contributed by atoms with Gasteiger partial charge in [-0.15, -0.1) is 6.58 Å². The van der Waals surface area contributed by atoms with Crippen molar-refractivity contribution in [3.05, 3.63) is 84.4 Å². The fraction of sp³-hybridized carbons (Fsp3) is 0.407. The summed E-state index contributed by atoms with van der Waals surface area (Å²) >= 11 is 0. The summed E-state index contributed by atoms with van der Waals surface area (Å²) < 4.78 is 23.7. The Bertz CT molecular complexity index is 919. The van der Waals surface area contributed by atoms with Crippen molar-refractivity contribution in [1.29, 1.82) is 0 Å². The van der Waals surface area contributed by atoms with E-state index in [0.717, 1.165) is 11.1 Å². The van der Waals surface area contributed by atoms with Crippen LogP contribution in [0.25, 0.3) is 0 Å². The normalized spacial score (nSPS) is 24.2. The molecule has 0 spiro atoms. The van der Waals surface area contributed by atoms with Gasteiger partial charge in [0.1, 0.15) is 18.3 Å². The molecule has 0 bridgehead atoms. The van der Waals surface area contributed by atoms with Gasteiger partial charge in [0.25, 0.3) is 0 Å². The lowest BCUT2D eigenvalue weighted by Crippen LogP contribution is -2.68. The van der Waals surface area contributed by atoms with Crippen molar-refractivity contribution >= 4 is 11.9 Å². The Labute approximate surface area is 201 Å². The van der Waals surface area contributed by atoms with Gasteiger partial charge < -0.3 is 24.3 Å². The van der Waals surface area contributed by atoms with Gasteiger partial charge >= 0.3 is 11.9 Å². The Hall–Kier alpha value is -3.00. The largest absolute Gasteiger partial charge is 0.458 e. The lowest BCUT2D eigenvalue weighted by atomic mass is 9.88. The number of nitrogens with one attached hydrogen (secondary N) is 1. The van der Waals surface area contributed by atoms with Crippen molar-refractivity contribution in [2.24, 2.45) is 0 Å². The maximum Gasteiger partial charge on any atom is 0.303 e. The van der Waals surface area contributed by atoms with Crippen molar-refractivity contribution in [2.75, 3.05) is 6.61 Å². The van der Waals surface area contributed by atoms with Gasteiger partial charge in [0.05, 0.1) is 31.9 Å². The summed E-state index contributed by atoms with van der Waals surface area (Å²) in [6.07, 6.45) is 0.211. The molecule has 1 aliphatic heterocycles. The van der Waals surface area contributed by atoms with Crippen LogP contribution in [-0.2, 0) is 41.8 Å². The van der Waals surface area contributed by atoms with Gasteiger partial charge in [-0.2, -0.15) is 0 Å². The fourth-order valence-corrected chi connectivity index (χ4v) is 4.15. The molecule has 0 aromatic heterocycles. The zero-order chi connectivity index (χ0) is 24.3. The van der Waals surface area contributed by atoms with Crippen molar-refractivity contribution in [1.82, 2.24) is 5.32 Å². The van der Waals surface area contributed by atoms with Gasteiger partial charge in [-0.1, -0.05) is 66.7 Å². The van der Waals surface area contributed by atoms with Crippen LogP contribution < -0.4 is 5.32 Å². The molecule has 0 radical (unpaired) electrons. The summed E-state index contributed by atoms with van der Waals surface area (Å²) in [5.41, 5.74) is 2.00. The molecular weight excluding hydrogens is 434 g/mol. The van der Waals surface area contributed by atoms with Crippen LogP contribution in [0.5, 0.6) is 0 Å². The average Bonchev–Trinajstić information content (AvgIpc) is 2.82. The van der Waals surface area contributed by atoms with E-state index in [1.54, 1.807) is 6.08 Å². The second kappa shape index (κ2) is 13.0. The average molecular weight is 468 g/mol. The first-order valence-corrected chi connectivity index (χ1v) is 11.5. The SMILES string of the molecule is C=CC[C@H]1N[C@H](COCc2ccccc2)[C@@H](OC(C)=O)[C@H](OCc2ccccc2)[C@H]1OC(C)=O. The molecule has 34 heavy (non-hydrogen) atoms. The van der Waals surface area contributed by atoms with E-state index in [1.165, 1.54) is 13.8 Å². The first kappa shape index (κ1) is 25.6. The summed E-state index contributed by atoms with van der Waals surface area (Å²) in [6, 6.07) is 18.9. The molecular formula is C27H33NO6. The van der Waals surface area contributed by atoms with Crippen LogP contribution in [0.15, 0.2) is 73.3 Å². The smallest absolute Gasteiger partial charge is 0.303 e. The Morgan fingerprint density at radius 2 is 1.35 bits per heavy atom. The minimum atomic E-state index is -0.720. The van der Waals surface area contributed by atoms with E-state index in [2.05, 4.69) is 11.9 Å². The second-order valence-corrected chi connectivity index (χ2v) is 8.31. The van der Waals surface area contributed by atoms with Crippen LogP contribution in [0, 0.1) is 0 Å². The summed E-state index contributed by atoms with van der Waals surface area (Å²) in [5, 5.41) is 3.45. The molecule has 1 aliphatic rings. The highest BCUT2D eigenvalue weighted by atomic mass is 16.6. The monoisotopic (exact) mass is 467 g/mol. The maximum absolute atomic E-state index is 12.0. The molecule has 5 atom stereocenters. The molecule has 2 aromatic rings. The predicted molar refractivity (Wildman–Crippen MR) is 128 cm³/mol. The summed E-state index contributed by atoms with van der Waals surface area (Å²) in [5.74, 6) is -0.883. The molecule has 1 saturated heterocycles. The lowest BCUT2D eigenvalue weighted by molar-refractivity contribution is -0.197. The second-order valence-electron chi connectivity index (χ2n) is 8.31. The van der Waals surface area contributed by atoms with Gasteiger partial charge in [0.15, 0.2) is 0 Å². The Morgan fingerprint density at radius 3 is 1.88 bits per heavy atom. The Morgan fingerprint density at radius 1 is 0.824 bits per heavy atom. The van der Waals surface area contributed by atoms with Crippen LogP contribution >= 0.6 is 0 Å². The first-order chi connectivity index (χ1) is 16.5. The van der Waals surface area contributed by atoms with Crippen molar-refractivity contribution in [2.45, 2.75) is 63.9 Å². The van der Waals surface area contributed by atoms with Crippen LogP contribution in [0.2, 0.25) is 0 Å². The molecule has 0 aliphatic carbocycles. The third-order valence-electron chi connectivity index (χ3n) is 5.59. The topological polar surface area (TPSA) is 83.1 Å². The number of hydrogen-bond acceptors (Lipinski definition) is 7. The molecule has 2 aromatic carbocycles. The molecule has 7 heteroatoms. The first-order valence-electron chi connectivity index (χ1n) is 11.5. The molecule has 0 saturated carbocycles. The summed E-state index contributed by atoms with van der Waals surface area (Å²) in [4.78, 5) is 24.0. The minimum absolute atomic E-state index is 0.276. The van der Waals surface area contributed by atoms with E-state index < -0.39 is 30.3 Å². The number of esters is 2. The lowest BCUT2D eigenvalue weighted by Gasteiger charge is -2.46. The van der Waals surface area contributed by atoms with Gasteiger partial charge in [-0.3, -0.25) is 9.59 Å². The van der Waals surface area contributed by atoms with E-state index in [-0.39, 0.29) is 25.3 Å². The summed E-state index contributed by atoms with van der Waals surface area (Å²) in [6.45, 7) is 7.52. The predicted octanol–water partition coefficient (Wildman–Crippen LogP) is 3.57. The van der Waals surface area contributed by atoms with E-state index in [0.29, 0.717) is 13.0 Å². The highest BCUT2D eigenvalue weighted by Gasteiger charge is 2.48. The number of carbonyl (C=O) groups is 2. The van der Waals surface area contributed by atoms with Crippen LogP contribution in [0.4, 0.5) is 0 Å². The van der Waals surface area contributed by atoms with E-state index in [4.69, 9.17) is 18.9 Å². The highest BCUT2D eigenvalue weighted by Crippen LogP contribution is 2.27. The molecule has 3 rings (SSSR count). The van der Waals surface area contributed by atoms with Crippen molar-refractivity contribution in [3.63, 3.8) is 0 Å². The third-order valence-corrected chi connectivity index (χ3v) is 5.59. The number of rotatable bonds is 11. The van der Waals surface area contributed by atoms with Crippen molar-refractivity contribution < 1.29 is 28.5 Å². The quantitative estimate of drug-likeness (QED) is 0.400. The number of hydrogen-bond donors (Lipinski definition) is 1. The van der Waals surface area contributed by atoms with Crippen LogP contribution in [0.3, 0.4) is 0 Å². The summed E-state index contributed by atoms with van der Waals surface area (Å²) in [7, 11) is 0. The zero-order valence-corrected chi connectivity index (χ0v) is 19.7. The van der Waals surface area contributed by atoms with Crippen molar-refractivity contribution in [3.8, 4) is 0 Å². The van der Waals surface area contributed by atoms with E-state index in [9.17, 15) is 9.59 Å². The zero-order valence-electron chi connectivity index (χ0n) is 19.7. The van der Waals surface area contributed by atoms with Crippen LogP contribution in [0.1, 0.15) is 31.4 Å². The van der Waals surface area contributed by atoms with Gasteiger partial charge in [-0.25, -0.2) is 0 Å². The molecule has 1 N–H and O–H groups in total. The van der Waals surface area contributed by atoms with Gasteiger partial charge in [0.2, 0.25) is 0 Å². The van der Waals surface area contributed by atoms with E-state index >= 15 is 0 Å². The maximum atomic E-state index is 12.0. The Kier molecular flexibility index (Phi) is 9.82. The number of ether oxygens (including phenoxy) is 4. The van der Waals surface area contributed by atoms with Crippen LogP contribution in [-0.4, -0.2) is 48.9 Å². The van der Waals surface area contributed by atoms with Gasteiger partial charge in [0, 0.05) is 13.8 Å². The standard InChI is InChI=1S/C27H33NO6/c1-4-11-23-25(33-19(2)29)27(32-17-22-14-9-6-10-15-22)26(34-20(3)30)24(28-23)18-31-16-21-12-7-5-8-13-21/h4-10,12-15,23-28H,1,11,16-18H2,2-3H3/t23-,24-,25+,26-,27-/m1/s1. The van der Waals surface area contributed by atoms with E-state index in [1.807, 2.05) is 60.7 Å². The molecule has 1 heterocycles. The fourth-order valence-electron chi connectivity index (χ4n) is 4.15. The highest BCUT2D eigenvalue weighted by molar-refractivity contribution is 5.67. The number of carbonyl (C=O) groups excluding carboxylic acids is 2. The molecule has 7 nitrogen and oxygen atoms in total. The molecule has 0 amide bonds.